The van der Waals surface area contributed by atoms with Crippen molar-refractivity contribution in [3.05, 3.63) is 29.8 Å². The van der Waals surface area contributed by atoms with Gasteiger partial charge in [0.1, 0.15) is 5.75 Å². The van der Waals surface area contributed by atoms with Crippen LogP contribution in [0.5, 0.6) is 5.75 Å². The van der Waals surface area contributed by atoms with E-state index in [1.807, 2.05) is 24.3 Å². The summed E-state index contributed by atoms with van der Waals surface area (Å²) in [5.41, 5.74) is 6.65. The first-order valence-electron chi connectivity index (χ1n) is 6.53. The lowest BCUT2D eigenvalue weighted by Crippen LogP contribution is -2.08. The Labute approximate surface area is 112 Å². The summed E-state index contributed by atoms with van der Waals surface area (Å²) < 4.78 is 17.2. The second-order valence-corrected chi connectivity index (χ2v) is 5.91. The zero-order valence-corrected chi connectivity index (χ0v) is 11.9. The van der Waals surface area contributed by atoms with Crippen molar-refractivity contribution in [3.8, 4) is 5.75 Å². The number of hydrogen-bond acceptors (Lipinski definition) is 3. The van der Waals surface area contributed by atoms with E-state index >= 15 is 0 Å². The minimum Gasteiger partial charge on any atom is -0.493 e. The van der Waals surface area contributed by atoms with Crippen LogP contribution in [-0.2, 0) is 17.3 Å². The maximum absolute atomic E-state index is 11.6. The molecule has 0 saturated heterocycles. The van der Waals surface area contributed by atoms with Crippen molar-refractivity contribution in [3.63, 3.8) is 0 Å². The third kappa shape index (κ3) is 5.65. The fourth-order valence-electron chi connectivity index (χ4n) is 1.62. The minimum absolute atomic E-state index is 0.485. The Morgan fingerprint density at radius 1 is 1.22 bits per heavy atom. The number of ether oxygens (including phenoxy) is 1. The lowest BCUT2D eigenvalue weighted by atomic mass is 10.2. The molecule has 0 saturated carbocycles. The zero-order valence-electron chi connectivity index (χ0n) is 11.1. The molecule has 0 aromatic heterocycles. The van der Waals surface area contributed by atoms with Crippen molar-refractivity contribution in [1.29, 1.82) is 0 Å². The monoisotopic (exact) mass is 269 g/mol. The van der Waals surface area contributed by atoms with Gasteiger partial charge in [-0.3, -0.25) is 4.21 Å². The summed E-state index contributed by atoms with van der Waals surface area (Å²) in [6.45, 7) is 3.21. The highest BCUT2D eigenvalue weighted by Gasteiger charge is 2.02. The van der Waals surface area contributed by atoms with Gasteiger partial charge in [-0.1, -0.05) is 31.5 Å². The van der Waals surface area contributed by atoms with E-state index in [9.17, 15) is 4.21 Å². The molecule has 1 unspecified atom stereocenters. The first kappa shape index (κ1) is 15.2. The molecule has 4 heteroatoms. The van der Waals surface area contributed by atoms with Gasteiger partial charge in [-0.15, -0.1) is 0 Å². The van der Waals surface area contributed by atoms with Crippen LogP contribution in [0.3, 0.4) is 0 Å². The third-order valence-electron chi connectivity index (χ3n) is 2.69. The van der Waals surface area contributed by atoms with E-state index in [2.05, 4.69) is 6.92 Å². The highest BCUT2D eigenvalue weighted by atomic mass is 32.2. The van der Waals surface area contributed by atoms with E-state index in [1.54, 1.807) is 0 Å². The van der Waals surface area contributed by atoms with E-state index in [1.165, 1.54) is 0 Å². The zero-order chi connectivity index (χ0) is 13.2. The molecule has 0 amide bonds. The average molecular weight is 269 g/mol. The molecule has 2 N–H and O–H groups in total. The number of unbranched alkanes of at least 4 members (excludes halogenated alkanes) is 1. The fraction of sp³-hybridized carbons (Fsp3) is 0.571. The molecular weight excluding hydrogens is 246 g/mol. The Bertz CT molecular complexity index is 369. The predicted octanol–water partition coefficient (Wildman–Crippen LogP) is 2.46. The van der Waals surface area contributed by atoms with Crippen LogP contribution in [-0.4, -0.2) is 22.3 Å². The van der Waals surface area contributed by atoms with Crippen molar-refractivity contribution < 1.29 is 8.95 Å². The van der Waals surface area contributed by atoms with Crippen LogP contribution in [0.25, 0.3) is 0 Å². The van der Waals surface area contributed by atoms with Crippen molar-refractivity contribution in [2.45, 2.75) is 32.7 Å². The van der Waals surface area contributed by atoms with E-state index in [4.69, 9.17) is 10.5 Å². The summed E-state index contributed by atoms with van der Waals surface area (Å²) in [6, 6.07) is 7.79. The first-order chi connectivity index (χ1) is 8.77. The Morgan fingerprint density at radius 2 is 1.94 bits per heavy atom. The quantitative estimate of drug-likeness (QED) is 0.701. The summed E-state index contributed by atoms with van der Waals surface area (Å²) in [6.07, 6.45) is 2.98. The molecule has 0 radical (unpaired) electrons. The molecular formula is C14H23NO2S. The van der Waals surface area contributed by atoms with E-state index in [-0.39, 0.29) is 0 Å². The van der Waals surface area contributed by atoms with Crippen molar-refractivity contribution in [2.24, 2.45) is 5.73 Å². The molecule has 1 atom stereocenters. The van der Waals surface area contributed by atoms with E-state index in [0.717, 1.165) is 42.1 Å². The van der Waals surface area contributed by atoms with Gasteiger partial charge < -0.3 is 10.5 Å². The fourth-order valence-corrected chi connectivity index (χ4v) is 2.88. The van der Waals surface area contributed by atoms with E-state index < -0.39 is 10.8 Å². The maximum Gasteiger partial charge on any atom is 0.123 e. The molecule has 1 aromatic rings. The van der Waals surface area contributed by atoms with Crippen molar-refractivity contribution in [2.75, 3.05) is 18.1 Å². The third-order valence-corrected chi connectivity index (χ3v) is 4.18. The summed E-state index contributed by atoms with van der Waals surface area (Å²) in [4.78, 5) is 0. The lowest BCUT2D eigenvalue weighted by Gasteiger charge is -2.09. The molecule has 0 fully saturated rings. The van der Waals surface area contributed by atoms with Gasteiger partial charge in [-0.25, -0.2) is 0 Å². The van der Waals surface area contributed by atoms with Gasteiger partial charge in [0.2, 0.25) is 0 Å². The van der Waals surface area contributed by atoms with Crippen molar-refractivity contribution >= 4 is 10.8 Å². The SMILES string of the molecule is CCCCS(=O)CCCOc1ccccc1CN. The molecule has 0 aliphatic carbocycles. The van der Waals surface area contributed by atoms with Gasteiger partial charge in [0, 0.05) is 34.4 Å². The maximum atomic E-state index is 11.6. The molecule has 102 valence electrons. The number of rotatable bonds is 9. The van der Waals surface area contributed by atoms with Crippen LogP contribution in [0.15, 0.2) is 24.3 Å². The smallest absolute Gasteiger partial charge is 0.123 e. The Morgan fingerprint density at radius 3 is 2.67 bits per heavy atom. The second-order valence-electron chi connectivity index (χ2n) is 4.22. The van der Waals surface area contributed by atoms with Gasteiger partial charge in [-0.2, -0.15) is 0 Å². The van der Waals surface area contributed by atoms with Crippen LogP contribution in [0, 0.1) is 0 Å². The number of para-hydroxylation sites is 1. The van der Waals surface area contributed by atoms with Crippen LogP contribution in [0.4, 0.5) is 0 Å². The lowest BCUT2D eigenvalue weighted by molar-refractivity contribution is 0.315. The van der Waals surface area contributed by atoms with Gasteiger partial charge in [0.05, 0.1) is 6.61 Å². The minimum atomic E-state index is -0.690. The summed E-state index contributed by atoms with van der Waals surface area (Å²) in [5, 5.41) is 0. The average Bonchev–Trinajstić information content (AvgIpc) is 2.41. The highest BCUT2D eigenvalue weighted by molar-refractivity contribution is 7.84. The van der Waals surface area contributed by atoms with E-state index in [0.29, 0.717) is 13.2 Å². The Kier molecular flexibility index (Phi) is 7.69. The number of nitrogens with two attached hydrogens (primary N) is 1. The first-order valence-corrected chi connectivity index (χ1v) is 8.02. The Balaban J connectivity index is 2.23. The molecule has 0 heterocycles. The predicted molar refractivity (Wildman–Crippen MR) is 77.2 cm³/mol. The van der Waals surface area contributed by atoms with Crippen LogP contribution in [0.1, 0.15) is 31.7 Å². The Hall–Kier alpha value is -0.870. The normalized spacial score (nSPS) is 12.3. The molecule has 0 bridgehead atoms. The molecule has 3 nitrogen and oxygen atoms in total. The number of benzene rings is 1. The standard InChI is InChI=1S/C14H23NO2S/c1-2-3-10-18(16)11-6-9-17-14-8-5-4-7-13(14)12-15/h4-5,7-8H,2-3,6,9-12,15H2,1H3. The molecule has 1 rings (SSSR count). The molecule has 18 heavy (non-hydrogen) atoms. The largest absolute Gasteiger partial charge is 0.493 e. The summed E-state index contributed by atoms with van der Waals surface area (Å²) in [5.74, 6) is 2.39. The molecule has 0 aliphatic rings. The second kappa shape index (κ2) is 9.11. The summed E-state index contributed by atoms with van der Waals surface area (Å²) >= 11 is 0. The van der Waals surface area contributed by atoms with Gasteiger partial charge >= 0.3 is 0 Å². The molecule has 0 aliphatic heterocycles. The van der Waals surface area contributed by atoms with Gasteiger partial charge in [-0.05, 0) is 18.9 Å². The summed E-state index contributed by atoms with van der Waals surface area (Å²) in [7, 11) is -0.690. The highest BCUT2D eigenvalue weighted by Crippen LogP contribution is 2.17. The topological polar surface area (TPSA) is 52.3 Å². The van der Waals surface area contributed by atoms with Crippen LogP contribution >= 0.6 is 0 Å². The van der Waals surface area contributed by atoms with Crippen molar-refractivity contribution in [1.82, 2.24) is 0 Å². The molecule has 1 aromatic carbocycles. The van der Waals surface area contributed by atoms with Gasteiger partial charge in [0.25, 0.3) is 0 Å². The number of hydrogen-bond donors (Lipinski definition) is 1. The van der Waals surface area contributed by atoms with Crippen LogP contribution in [0.2, 0.25) is 0 Å². The molecule has 0 spiro atoms. The van der Waals surface area contributed by atoms with Gasteiger partial charge in [0.15, 0.2) is 0 Å². The van der Waals surface area contributed by atoms with Crippen LogP contribution < -0.4 is 10.5 Å².